The Morgan fingerprint density at radius 1 is 1.28 bits per heavy atom. The summed E-state index contributed by atoms with van der Waals surface area (Å²) in [7, 11) is 0. The number of aromatic nitrogens is 2. The fraction of sp³-hybridized carbons (Fsp3) is 0.333. The summed E-state index contributed by atoms with van der Waals surface area (Å²) in [6.07, 6.45) is 1.62. The molecule has 7 heteroatoms. The minimum absolute atomic E-state index is 0.0763. The zero-order chi connectivity index (χ0) is 18.2. The van der Waals surface area contributed by atoms with E-state index in [1.165, 1.54) is 11.8 Å². The first-order valence-corrected chi connectivity index (χ1v) is 8.90. The fourth-order valence-electron chi connectivity index (χ4n) is 2.12. The second kappa shape index (κ2) is 9.17. The maximum atomic E-state index is 12.0. The van der Waals surface area contributed by atoms with Gasteiger partial charge in [0.25, 0.3) is 5.91 Å². The number of carbonyl (C=O) groups excluding carboxylic acids is 2. The van der Waals surface area contributed by atoms with Gasteiger partial charge in [-0.2, -0.15) is 0 Å². The second-order valence-corrected chi connectivity index (χ2v) is 6.51. The highest BCUT2D eigenvalue weighted by Gasteiger charge is 2.14. The van der Waals surface area contributed by atoms with Crippen molar-refractivity contribution < 1.29 is 14.3 Å². The Morgan fingerprint density at radius 3 is 2.68 bits per heavy atom. The molecule has 132 valence electrons. The Bertz CT molecular complexity index is 779. The predicted molar refractivity (Wildman–Crippen MR) is 98.3 cm³/mol. The summed E-state index contributed by atoms with van der Waals surface area (Å²) < 4.78 is 5.05. The molecule has 2 rings (SSSR count). The van der Waals surface area contributed by atoms with Crippen LogP contribution < -0.4 is 0 Å². The molecular formula is C18H21N3O3S. The van der Waals surface area contributed by atoms with Gasteiger partial charge in [0, 0.05) is 13.1 Å². The van der Waals surface area contributed by atoms with E-state index >= 15 is 0 Å². The Morgan fingerprint density at radius 2 is 2.00 bits per heavy atom. The smallest absolute Gasteiger partial charge is 0.316 e. The quantitative estimate of drug-likeness (QED) is 0.410. The lowest BCUT2D eigenvalue weighted by atomic mass is 10.3. The van der Waals surface area contributed by atoms with Gasteiger partial charge < -0.3 is 9.64 Å². The van der Waals surface area contributed by atoms with Crippen LogP contribution in [0.2, 0.25) is 0 Å². The van der Waals surface area contributed by atoms with E-state index in [2.05, 4.69) is 16.5 Å². The fourth-order valence-corrected chi connectivity index (χ4v) is 2.76. The highest BCUT2D eigenvalue weighted by atomic mass is 32.2. The molecule has 25 heavy (non-hydrogen) atoms. The van der Waals surface area contributed by atoms with E-state index in [1.807, 2.05) is 38.1 Å². The molecule has 0 spiro atoms. The van der Waals surface area contributed by atoms with Crippen LogP contribution in [0.4, 0.5) is 0 Å². The molecule has 0 aliphatic heterocycles. The second-order valence-electron chi connectivity index (χ2n) is 5.51. The highest BCUT2D eigenvalue weighted by Crippen LogP contribution is 2.17. The third-order valence-electron chi connectivity index (χ3n) is 3.32. The van der Waals surface area contributed by atoms with Crippen molar-refractivity contribution in [1.29, 1.82) is 0 Å². The lowest BCUT2D eigenvalue weighted by Crippen LogP contribution is -2.35. The van der Waals surface area contributed by atoms with Gasteiger partial charge >= 0.3 is 5.97 Å². The van der Waals surface area contributed by atoms with Crippen LogP contribution >= 0.6 is 11.8 Å². The van der Waals surface area contributed by atoms with Crippen LogP contribution in [0.3, 0.4) is 0 Å². The molecule has 0 aliphatic carbocycles. The zero-order valence-corrected chi connectivity index (χ0v) is 15.2. The van der Waals surface area contributed by atoms with Crippen LogP contribution in [-0.2, 0) is 14.3 Å². The number of benzene rings is 1. The maximum Gasteiger partial charge on any atom is 0.316 e. The first kappa shape index (κ1) is 18.9. The summed E-state index contributed by atoms with van der Waals surface area (Å²) in [4.78, 5) is 34.2. The van der Waals surface area contributed by atoms with E-state index in [9.17, 15) is 9.59 Å². The normalized spacial score (nSPS) is 10.5. The van der Waals surface area contributed by atoms with Crippen LogP contribution in [0.1, 0.15) is 13.8 Å². The summed E-state index contributed by atoms with van der Waals surface area (Å²) in [5.41, 5.74) is 2.46. The molecule has 0 saturated heterocycles. The number of thioether (sulfide) groups is 1. The van der Waals surface area contributed by atoms with E-state index in [0.717, 1.165) is 16.6 Å². The van der Waals surface area contributed by atoms with Crippen LogP contribution in [0.25, 0.3) is 11.0 Å². The first-order chi connectivity index (χ1) is 12.0. The number of para-hydroxylation sites is 2. The molecule has 1 aromatic heterocycles. The Labute approximate surface area is 151 Å². The summed E-state index contributed by atoms with van der Waals surface area (Å²) in [5.74, 6) is -0.610. The molecule has 0 saturated carbocycles. The predicted octanol–water partition coefficient (Wildman–Crippen LogP) is 2.69. The largest absolute Gasteiger partial charge is 0.455 e. The summed E-state index contributed by atoms with van der Waals surface area (Å²) in [6.45, 7) is 8.26. The number of rotatable bonds is 8. The van der Waals surface area contributed by atoms with E-state index in [1.54, 1.807) is 11.1 Å². The van der Waals surface area contributed by atoms with Crippen molar-refractivity contribution in [1.82, 2.24) is 14.9 Å². The molecular weight excluding hydrogens is 338 g/mol. The number of hydrogen-bond donors (Lipinski definition) is 0. The van der Waals surface area contributed by atoms with Crippen molar-refractivity contribution in [2.75, 3.05) is 25.4 Å². The number of nitrogens with zero attached hydrogens (tertiary/aromatic N) is 3. The van der Waals surface area contributed by atoms with Gasteiger partial charge in [0.15, 0.2) is 6.61 Å². The standard InChI is InChI=1S/C18H21N3O3S/c1-4-21(10-13(2)3)17(22)11-24-18(23)12-25-16-9-19-14-7-5-6-8-15(14)20-16/h5-9H,2,4,10-12H2,1,3H3. The molecule has 0 unspecified atom stereocenters. The summed E-state index contributed by atoms with van der Waals surface area (Å²) in [5, 5.41) is 0.638. The lowest BCUT2D eigenvalue weighted by Gasteiger charge is -2.20. The van der Waals surface area contributed by atoms with Crippen LogP contribution in [-0.4, -0.2) is 52.2 Å². The molecule has 0 N–H and O–H groups in total. The lowest BCUT2D eigenvalue weighted by molar-refractivity contribution is -0.149. The Balaban J connectivity index is 1.81. The van der Waals surface area contributed by atoms with Crippen LogP contribution in [0.5, 0.6) is 0 Å². The molecule has 6 nitrogen and oxygen atoms in total. The van der Waals surface area contributed by atoms with Gasteiger partial charge in [0.2, 0.25) is 0 Å². The van der Waals surface area contributed by atoms with Crippen molar-refractivity contribution in [2.45, 2.75) is 18.9 Å². The minimum Gasteiger partial charge on any atom is -0.455 e. The number of ether oxygens (including phenoxy) is 1. The van der Waals surface area contributed by atoms with Crippen molar-refractivity contribution >= 4 is 34.7 Å². The Kier molecular flexibility index (Phi) is 6.94. The third kappa shape index (κ3) is 5.86. The molecule has 0 atom stereocenters. The summed E-state index contributed by atoms with van der Waals surface area (Å²) >= 11 is 1.23. The number of likely N-dealkylation sites (N-methyl/N-ethyl adjacent to an activating group) is 1. The number of esters is 1. The van der Waals surface area contributed by atoms with Crippen molar-refractivity contribution in [3.63, 3.8) is 0 Å². The van der Waals surface area contributed by atoms with Crippen molar-refractivity contribution in [2.24, 2.45) is 0 Å². The SMILES string of the molecule is C=C(C)CN(CC)C(=O)COC(=O)CSc1cnc2ccccc2n1. The van der Waals surface area contributed by atoms with Crippen molar-refractivity contribution in [3.8, 4) is 0 Å². The van der Waals surface area contributed by atoms with Gasteiger partial charge in [-0.1, -0.05) is 36.0 Å². The van der Waals surface area contributed by atoms with E-state index in [-0.39, 0.29) is 18.3 Å². The average Bonchev–Trinajstić information content (AvgIpc) is 2.62. The van der Waals surface area contributed by atoms with Gasteiger partial charge in [-0.3, -0.25) is 14.6 Å². The number of carbonyl (C=O) groups is 2. The van der Waals surface area contributed by atoms with E-state index in [0.29, 0.717) is 18.1 Å². The van der Waals surface area contributed by atoms with Gasteiger partial charge in [-0.05, 0) is 26.0 Å². The number of hydrogen-bond acceptors (Lipinski definition) is 6. The number of fused-ring (bicyclic) bond motifs is 1. The van der Waals surface area contributed by atoms with Gasteiger partial charge in [0.1, 0.15) is 5.03 Å². The first-order valence-electron chi connectivity index (χ1n) is 7.92. The third-order valence-corrected chi connectivity index (χ3v) is 4.19. The average molecular weight is 359 g/mol. The molecule has 0 aliphatic rings. The maximum absolute atomic E-state index is 12.0. The molecule has 0 bridgehead atoms. The number of amides is 1. The molecule has 0 radical (unpaired) electrons. The Hall–Kier alpha value is -2.41. The van der Waals surface area contributed by atoms with E-state index < -0.39 is 5.97 Å². The van der Waals surface area contributed by atoms with Gasteiger partial charge in [0.05, 0.1) is 23.0 Å². The monoisotopic (exact) mass is 359 g/mol. The topological polar surface area (TPSA) is 72.4 Å². The van der Waals surface area contributed by atoms with Crippen LogP contribution in [0.15, 0.2) is 47.6 Å². The molecule has 1 amide bonds. The van der Waals surface area contributed by atoms with Gasteiger partial charge in [-0.15, -0.1) is 0 Å². The molecule has 2 aromatic rings. The molecule has 1 aromatic carbocycles. The molecule has 1 heterocycles. The minimum atomic E-state index is -0.459. The highest BCUT2D eigenvalue weighted by molar-refractivity contribution is 7.99. The van der Waals surface area contributed by atoms with Gasteiger partial charge in [-0.25, -0.2) is 4.98 Å². The van der Waals surface area contributed by atoms with E-state index in [4.69, 9.17) is 4.74 Å². The van der Waals surface area contributed by atoms with Crippen molar-refractivity contribution in [3.05, 3.63) is 42.6 Å². The summed E-state index contributed by atoms with van der Waals surface area (Å²) in [6, 6.07) is 7.52. The molecule has 0 fully saturated rings. The zero-order valence-electron chi connectivity index (χ0n) is 14.4. The van der Waals surface area contributed by atoms with Crippen LogP contribution in [0, 0.1) is 0 Å².